The minimum atomic E-state index is -0.176. The van der Waals surface area contributed by atoms with E-state index in [2.05, 4.69) is 19.2 Å². The molecule has 0 unspecified atom stereocenters. The van der Waals surface area contributed by atoms with E-state index in [-0.39, 0.29) is 37.1 Å². The van der Waals surface area contributed by atoms with Crippen LogP contribution in [0.4, 0.5) is 0 Å². The fourth-order valence-electron chi connectivity index (χ4n) is 2.99. The summed E-state index contributed by atoms with van der Waals surface area (Å²) in [6.07, 6.45) is 0.564. The van der Waals surface area contributed by atoms with Gasteiger partial charge < -0.3 is 10.1 Å². The topological polar surface area (TPSA) is 75.7 Å². The van der Waals surface area contributed by atoms with Crippen LogP contribution < -0.4 is 10.1 Å². The second-order valence-corrected chi connectivity index (χ2v) is 7.60. The first kappa shape index (κ1) is 20.6. The predicted octanol–water partition coefficient (Wildman–Crippen LogP) is 3.30. The van der Waals surface area contributed by atoms with Gasteiger partial charge in [-0.3, -0.25) is 19.3 Å². The van der Waals surface area contributed by atoms with Crippen molar-refractivity contribution in [3.8, 4) is 5.75 Å². The van der Waals surface area contributed by atoms with E-state index in [1.807, 2.05) is 24.3 Å². The summed E-state index contributed by atoms with van der Waals surface area (Å²) in [6.45, 7) is 5.54. The Labute approximate surface area is 170 Å². The van der Waals surface area contributed by atoms with Gasteiger partial charge in [0.05, 0.1) is 13.2 Å². The molecule has 0 bridgehead atoms. The maximum atomic E-state index is 12.4. The van der Waals surface area contributed by atoms with Crippen molar-refractivity contribution in [2.24, 2.45) is 5.92 Å². The zero-order valence-electron chi connectivity index (χ0n) is 16.8. The molecule has 0 atom stereocenters. The number of rotatable bonds is 8. The Hall–Kier alpha value is -3.15. The fraction of sp³-hybridized carbons (Fsp3) is 0.348. The van der Waals surface area contributed by atoms with Crippen LogP contribution in [-0.4, -0.2) is 29.2 Å². The van der Waals surface area contributed by atoms with Crippen LogP contribution >= 0.6 is 0 Å². The minimum absolute atomic E-state index is 0.141. The van der Waals surface area contributed by atoms with Crippen LogP contribution in [0.25, 0.3) is 0 Å². The molecule has 2 aromatic carbocycles. The van der Waals surface area contributed by atoms with E-state index >= 15 is 0 Å². The van der Waals surface area contributed by atoms with Crippen LogP contribution in [-0.2, 0) is 22.7 Å². The van der Waals surface area contributed by atoms with E-state index in [1.165, 1.54) is 4.90 Å². The lowest BCUT2D eigenvalue weighted by Gasteiger charge is -2.14. The number of carbonyl (C=O) groups is 3. The molecule has 0 aliphatic carbocycles. The van der Waals surface area contributed by atoms with Gasteiger partial charge in [0.25, 0.3) is 5.91 Å². The molecule has 1 aliphatic heterocycles. The van der Waals surface area contributed by atoms with Crippen molar-refractivity contribution in [3.05, 3.63) is 65.2 Å². The molecule has 1 aliphatic rings. The molecule has 0 radical (unpaired) electrons. The Bertz CT molecular complexity index is 857. The quantitative estimate of drug-likeness (QED) is 0.697. The van der Waals surface area contributed by atoms with Crippen molar-refractivity contribution >= 4 is 17.7 Å². The maximum absolute atomic E-state index is 12.4. The van der Waals surface area contributed by atoms with E-state index in [0.29, 0.717) is 24.6 Å². The first-order valence-electron chi connectivity index (χ1n) is 9.84. The minimum Gasteiger partial charge on any atom is -0.493 e. The third-order valence-corrected chi connectivity index (χ3v) is 4.67. The molecule has 1 N–H and O–H groups in total. The summed E-state index contributed by atoms with van der Waals surface area (Å²) < 4.78 is 5.66. The highest BCUT2D eigenvalue weighted by Crippen LogP contribution is 2.17. The summed E-state index contributed by atoms with van der Waals surface area (Å²) in [7, 11) is 0. The zero-order chi connectivity index (χ0) is 20.8. The number of nitrogens with one attached hydrogen (secondary N) is 1. The number of carbonyl (C=O) groups excluding carboxylic acids is 3. The lowest BCUT2D eigenvalue weighted by Crippen LogP contribution is -2.28. The highest BCUT2D eigenvalue weighted by molar-refractivity contribution is 6.01. The standard InChI is InChI=1S/C23H26N2O4/c1-16(2)15-29-20-9-5-17(6-10-20)13-24-23(28)19-7-3-18(4-8-19)14-25-21(26)11-12-22(25)27/h3-10,16H,11-15H2,1-2H3,(H,24,28). The lowest BCUT2D eigenvalue weighted by atomic mass is 10.1. The van der Waals surface area contributed by atoms with Gasteiger partial charge in [-0.15, -0.1) is 0 Å². The number of hydrogen-bond acceptors (Lipinski definition) is 4. The van der Waals surface area contributed by atoms with Gasteiger partial charge in [-0.05, 0) is 41.3 Å². The van der Waals surface area contributed by atoms with Crippen LogP contribution in [0, 0.1) is 5.92 Å². The normalized spacial score (nSPS) is 13.8. The van der Waals surface area contributed by atoms with E-state index < -0.39 is 0 Å². The van der Waals surface area contributed by atoms with Gasteiger partial charge in [0.1, 0.15) is 5.75 Å². The van der Waals surface area contributed by atoms with Crippen molar-refractivity contribution in [2.75, 3.05) is 6.61 Å². The summed E-state index contributed by atoms with van der Waals surface area (Å²) in [4.78, 5) is 37.0. The molecule has 6 nitrogen and oxygen atoms in total. The molecule has 2 aromatic rings. The molecule has 1 saturated heterocycles. The molecule has 0 saturated carbocycles. The Morgan fingerprint density at radius 2 is 1.55 bits per heavy atom. The maximum Gasteiger partial charge on any atom is 0.251 e. The average Bonchev–Trinajstić information content (AvgIpc) is 3.04. The number of nitrogens with zero attached hydrogens (tertiary/aromatic N) is 1. The molecule has 29 heavy (non-hydrogen) atoms. The smallest absolute Gasteiger partial charge is 0.251 e. The largest absolute Gasteiger partial charge is 0.493 e. The van der Waals surface area contributed by atoms with Gasteiger partial charge in [-0.25, -0.2) is 0 Å². The highest BCUT2D eigenvalue weighted by atomic mass is 16.5. The summed E-state index contributed by atoms with van der Waals surface area (Å²) in [5, 5.41) is 2.89. The van der Waals surface area contributed by atoms with Crippen molar-refractivity contribution in [1.29, 1.82) is 0 Å². The number of hydrogen-bond donors (Lipinski definition) is 1. The molecule has 1 heterocycles. The summed E-state index contributed by atoms with van der Waals surface area (Å²) >= 11 is 0. The molecule has 0 spiro atoms. The number of likely N-dealkylation sites (tertiary alicyclic amines) is 1. The van der Waals surface area contributed by atoms with Crippen molar-refractivity contribution in [3.63, 3.8) is 0 Å². The van der Waals surface area contributed by atoms with Gasteiger partial charge in [-0.1, -0.05) is 38.1 Å². The van der Waals surface area contributed by atoms with Gasteiger partial charge in [0.2, 0.25) is 11.8 Å². The van der Waals surface area contributed by atoms with E-state index in [9.17, 15) is 14.4 Å². The van der Waals surface area contributed by atoms with E-state index in [4.69, 9.17) is 4.74 Å². The summed E-state index contributed by atoms with van der Waals surface area (Å²) in [6, 6.07) is 14.6. The SMILES string of the molecule is CC(C)COc1ccc(CNC(=O)c2ccc(CN3C(=O)CCC3=O)cc2)cc1. The number of amides is 3. The van der Waals surface area contributed by atoms with Crippen molar-refractivity contribution in [2.45, 2.75) is 39.8 Å². The average molecular weight is 394 g/mol. The second kappa shape index (κ2) is 9.37. The van der Waals surface area contributed by atoms with Crippen LogP contribution in [0.2, 0.25) is 0 Å². The van der Waals surface area contributed by atoms with Crippen molar-refractivity contribution < 1.29 is 19.1 Å². The molecule has 152 valence electrons. The Balaban J connectivity index is 1.50. The fourth-order valence-corrected chi connectivity index (χ4v) is 2.99. The molecular formula is C23H26N2O4. The predicted molar refractivity (Wildman–Crippen MR) is 109 cm³/mol. The van der Waals surface area contributed by atoms with Crippen molar-refractivity contribution in [1.82, 2.24) is 10.2 Å². The van der Waals surface area contributed by atoms with Gasteiger partial charge >= 0.3 is 0 Å². The monoisotopic (exact) mass is 394 g/mol. The Morgan fingerprint density at radius 1 is 0.966 bits per heavy atom. The third kappa shape index (κ3) is 5.67. The first-order valence-corrected chi connectivity index (χ1v) is 9.84. The van der Waals surface area contributed by atoms with Gasteiger partial charge in [0, 0.05) is 24.9 Å². The van der Waals surface area contributed by atoms with E-state index in [1.54, 1.807) is 24.3 Å². The Kier molecular flexibility index (Phi) is 6.65. The van der Waals surface area contributed by atoms with E-state index in [0.717, 1.165) is 16.9 Å². The summed E-state index contributed by atoms with van der Waals surface area (Å²) in [5.74, 6) is 0.830. The third-order valence-electron chi connectivity index (χ3n) is 4.67. The summed E-state index contributed by atoms with van der Waals surface area (Å²) in [5.41, 5.74) is 2.34. The molecular weight excluding hydrogens is 368 g/mol. The Morgan fingerprint density at radius 3 is 2.14 bits per heavy atom. The molecule has 3 amide bonds. The molecule has 1 fully saturated rings. The lowest BCUT2D eigenvalue weighted by molar-refractivity contribution is -0.139. The van der Waals surface area contributed by atoms with Crippen LogP contribution in [0.15, 0.2) is 48.5 Å². The number of imide groups is 1. The van der Waals surface area contributed by atoms with Crippen LogP contribution in [0.5, 0.6) is 5.75 Å². The van der Waals surface area contributed by atoms with Gasteiger partial charge in [-0.2, -0.15) is 0 Å². The first-order chi connectivity index (χ1) is 13.9. The molecule has 3 rings (SSSR count). The van der Waals surface area contributed by atoms with Crippen LogP contribution in [0.3, 0.4) is 0 Å². The molecule has 0 aromatic heterocycles. The second-order valence-electron chi connectivity index (χ2n) is 7.60. The number of ether oxygens (including phenoxy) is 1. The zero-order valence-corrected chi connectivity index (χ0v) is 16.8. The highest BCUT2D eigenvalue weighted by Gasteiger charge is 2.28. The number of benzene rings is 2. The van der Waals surface area contributed by atoms with Gasteiger partial charge in [0.15, 0.2) is 0 Å². The molecule has 6 heteroatoms. The van der Waals surface area contributed by atoms with Crippen LogP contribution in [0.1, 0.15) is 48.2 Å².